The van der Waals surface area contributed by atoms with E-state index in [4.69, 9.17) is 4.74 Å². The van der Waals surface area contributed by atoms with Gasteiger partial charge in [0.1, 0.15) is 0 Å². The van der Waals surface area contributed by atoms with Crippen molar-refractivity contribution in [2.45, 2.75) is 70.1 Å². The minimum absolute atomic E-state index is 0.466. The Labute approximate surface area is 170 Å². The van der Waals surface area contributed by atoms with Crippen LogP contribution in [0, 0.1) is 0 Å². The number of nitrogens with zero attached hydrogens (tertiary/aromatic N) is 2. The lowest BCUT2D eigenvalue weighted by molar-refractivity contribution is 0.0467. The molecule has 3 rings (SSSR count). The van der Waals surface area contributed by atoms with E-state index >= 15 is 0 Å². The van der Waals surface area contributed by atoms with Crippen LogP contribution in [-0.4, -0.2) is 56.3 Å². The zero-order chi connectivity index (χ0) is 19.4. The zero-order valence-electron chi connectivity index (χ0n) is 17.5. The highest BCUT2D eigenvalue weighted by Crippen LogP contribution is 2.19. The first-order valence-corrected chi connectivity index (χ1v) is 11.2. The van der Waals surface area contributed by atoms with Crippen LogP contribution >= 0.6 is 0 Å². The molecule has 156 valence electrons. The number of aliphatic imine (C=N–C) groups is 1. The van der Waals surface area contributed by atoms with Gasteiger partial charge in [-0.2, -0.15) is 0 Å². The minimum Gasteiger partial charge on any atom is -0.376 e. The first kappa shape index (κ1) is 21.1. The van der Waals surface area contributed by atoms with Gasteiger partial charge < -0.3 is 15.4 Å². The van der Waals surface area contributed by atoms with Crippen LogP contribution in [0.2, 0.25) is 0 Å². The van der Waals surface area contributed by atoms with Crippen LogP contribution in [0.4, 0.5) is 0 Å². The summed E-state index contributed by atoms with van der Waals surface area (Å²) in [6.07, 6.45) is 10.6. The van der Waals surface area contributed by atoms with Crippen LogP contribution in [0.5, 0.6) is 0 Å². The van der Waals surface area contributed by atoms with Crippen LogP contribution in [-0.2, 0) is 11.3 Å². The van der Waals surface area contributed by atoms with E-state index in [1.165, 1.54) is 44.1 Å². The number of ether oxygens (including phenoxy) is 1. The number of rotatable bonds is 7. The third-order valence-electron chi connectivity index (χ3n) is 5.95. The van der Waals surface area contributed by atoms with Crippen LogP contribution in [0.3, 0.4) is 0 Å². The molecule has 1 aromatic rings. The normalized spacial score (nSPS) is 20.7. The van der Waals surface area contributed by atoms with Gasteiger partial charge in [-0.05, 0) is 31.2 Å². The second-order valence-corrected chi connectivity index (χ2v) is 8.16. The fraction of sp³-hybridized carbons (Fsp3) is 0.696. The summed E-state index contributed by atoms with van der Waals surface area (Å²) in [5.41, 5.74) is 1.40. The van der Waals surface area contributed by atoms with Crippen molar-refractivity contribution in [3.05, 3.63) is 35.9 Å². The standard InChI is InChI=1S/C23H38N4O/c1-24-23(25-15-18-28-22-11-7-2-3-8-12-22)26-21-13-16-27(17-14-21)19-20-9-5-4-6-10-20/h4-6,9-10,21-22H,2-3,7-8,11-19H2,1H3,(H2,24,25,26). The number of piperidine rings is 1. The predicted molar refractivity (Wildman–Crippen MR) is 117 cm³/mol. The van der Waals surface area contributed by atoms with Gasteiger partial charge in [0.2, 0.25) is 0 Å². The van der Waals surface area contributed by atoms with Crippen molar-refractivity contribution in [1.82, 2.24) is 15.5 Å². The molecule has 0 amide bonds. The summed E-state index contributed by atoms with van der Waals surface area (Å²) in [5.74, 6) is 0.908. The highest BCUT2D eigenvalue weighted by molar-refractivity contribution is 5.79. The molecule has 2 aliphatic rings. The van der Waals surface area contributed by atoms with Crippen molar-refractivity contribution in [3.63, 3.8) is 0 Å². The molecule has 1 aromatic carbocycles. The first-order chi connectivity index (χ1) is 13.8. The SMILES string of the molecule is CN=C(NCCOC1CCCCCC1)NC1CCN(Cc2ccccc2)CC1. The minimum atomic E-state index is 0.466. The average Bonchev–Trinajstić information content (AvgIpc) is 3.01. The molecule has 28 heavy (non-hydrogen) atoms. The van der Waals surface area contributed by atoms with E-state index in [0.29, 0.717) is 12.1 Å². The van der Waals surface area contributed by atoms with Gasteiger partial charge in [-0.25, -0.2) is 0 Å². The molecule has 5 nitrogen and oxygen atoms in total. The van der Waals surface area contributed by atoms with Gasteiger partial charge in [-0.1, -0.05) is 56.0 Å². The van der Waals surface area contributed by atoms with Crippen LogP contribution in [0.25, 0.3) is 0 Å². The van der Waals surface area contributed by atoms with Crippen molar-refractivity contribution in [2.24, 2.45) is 4.99 Å². The maximum atomic E-state index is 6.07. The van der Waals surface area contributed by atoms with Crippen molar-refractivity contribution in [3.8, 4) is 0 Å². The Balaban J connectivity index is 1.29. The molecular formula is C23H38N4O. The highest BCUT2D eigenvalue weighted by Gasteiger charge is 2.20. The van der Waals surface area contributed by atoms with Crippen molar-refractivity contribution >= 4 is 5.96 Å². The number of benzene rings is 1. The van der Waals surface area contributed by atoms with E-state index in [2.05, 4.69) is 50.9 Å². The molecule has 1 heterocycles. The Morgan fingerprint density at radius 3 is 2.43 bits per heavy atom. The van der Waals surface area contributed by atoms with Gasteiger partial charge in [0.15, 0.2) is 5.96 Å². The summed E-state index contributed by atoms with van der Waals surface area (Å²) in [4.78, 5) is 6.94. The molecule has 0 aromatic heterocycles. The Morgan fingerprint density at radius 2 is 1.75 bits per heavy atom. The van der Waals surface area contributed by atoms with Crippen molar-refractivity contribution in [2.75, 3.05) is 33.3 Å². The summed E-state index contributed by atoms with van der Waals surface area (Å²) in [6, 6.07) is 11.3. The lowest BCUT2D eigenvalue weighted by Gasteiger charge is -2.33. The van der Waals surface area contributed by atoms with E-state index in [9.17, 15) is 0 Å². The van der Waals surface area contributed by atoms with E-state index < -0.39 is 0 Å². The third-order valence-corrected chi connectivity index (χ3v) is 5.95. The molecule has 2 N–H and O–H groups in total. The van der Waals surface area contributed by atoms with E-state index in [-0.39, 0.29) is 0 Å². The van der Waals surface area contributed by atoms with Crippen molar-refractivity contribution < 1.29 is 4.74 Å². The smallest absolute Gasteiger partial charge is 0.191 e. The van der Waals surface area contributed by atoms with Gasteiger partial charge in [-0.15, -0.1) is 0 Å². The second kappa shape index (κ2) is 12.1. The second-order valence-electron chi connectivity index (χ2n) is 8.16. The summed E-state index contributed by atoms with van der Waals surface area (Å²) >= 11 is 0. The number of hydrogen-bond donors (Lipinski definition) is 2. The fourth-order valence-corrected chi connectivity index (χ4v) is 4.27. The summed E-state index contributed by atoms with van der Waals surface area (Å²) in [6.45, 7) is 4.91. The highest BCUT2D eigenvalue weighted by atomic mass is 16.5. The van der Waals surface area contributed by atoms with E-state index in [1.54, 1.807) is 0 Å². The van der Waals surface area contributed by atoms with Crippen LogP contribution < -0.4 is 10.6 Å². The molecule has 0 atom stereocenters. The Bertz CT molecular complexity index is 561. The lowest BCUT2D eigenvalue weighted by atomic mass is 10.0. The van der Waals surface area contributed by atoms with Crippen LogP contribution in [0.15, 0.2) is 35.3 Å². The summed E-state index contributed by atoms with van der Waals surface area (Å²) in [7, 11) is 1.85. The fourth-order valence-electron chi connectivity index (χ4n) is 4.27. The maximum Gasteiger partial charge on any atom is 0.191 e. The number of hydrogen-bond acceptors (Lipinski definition) is 3. The van der Waals surface area contributed by atoms with Gasteiger partial charge in [-0.3, -0.25) is 9.89 Å². The predicted octanol–water partition coefficient (Wildman–Crippen LogP) is 3.56. The van der Waals surface area contributed by atoms with Gasteiger partial charge in [0, 0.05) is 39.3 Å². The van der Waals surface area contributed by atoms with Crippen LogP contribution in [0.1, 0.15) is 56.9 Å². The molecule has 0 spiro atoms. The van der Waals surface area contributed by atoms with Gasteiger partial charge in [0.25, 0.3) is 0 Å². The molecule has 1 saturated heterocycles. The zero-order valence-corrected chi connectivity index (χ0v) is 17.5. The van der Waals surface area contributed by atoms with E-state index in [0.717, 1.165) is 51.6 Å². The summed E-state index contributed by atoms with van der Waals surface area (Å²) < 4.78 is 6.07. The Hall–Kier alpha value is -1.59. The molecule has 1 aliphatic heterocycles. The quantitative estimate of drug-likeness (QED) is 0.326. The molecule has 2 fully saturated rings. The Morgan fingerprint density at radius 1 is 1.04 bits per heavy atom. The lowest BCUT2D eigenvalue weighted by Crippen LogP contribution is -2.49. The first-order valence-electron chi connectivity index (χ1n) is 11.2. The molecule has 5 heteroatoms. The van der Waals surface area contributed by atoms with Gasteiger partial charge >= 0.3 is 0 Å². The molecule has 0 unspecified atom stereocenters. The number of likely N-dealkylation sites (tertiary alicyclic amines) is 1. The maximum absolute atomic E-state index is 6.07. The molecular weight excluding hydrogens is 348 g/mol. The molecule has 1 aliphatic carbocycles. The Kier molecular flexibility index (Phi) is 9.11. The van der Waals surface area contributed by atoms with Gasteiger partial charge in [0.05, 0.1) is 12.7 Å². The average molecular weight is 387 g/mol. The third kappa shape index (κ3) is 7.44. The summed E-state index contributed by atoms with van der Waals surface area (Å²) in [5, 5.41) is 7.02. The monoisotopic (exact) mass is 386 g/mol. The molecule has 0 radical (unpaired) electrons. The molecule has 1 saturated carbocycles. The molecule has 0 bridgehead atoms. The van der Waals surface area contributed by atoms with Crippen molar-refractivity contribution in [1.29, 1.82) is 0 Å². The topological polar surface area (TPSA) is 48.9 Å². The number of nitrogens with one attached hydrogen (secondary N) is 2. The number of guanidine groups is 1. The largest absolute Gasteiger partial charge is 0.376 e. The van der Waals surface area contributed by atoms with E-state index in [1.807, 2.05) is 7.05 Å².